The van der Waals surface area contributed by atoms with Crippen molar-refractivity contribution >= 4 is 17.0 Å². The molecule has 0 saturated heterocycles. The number of nitrogens with two attached hydrogens (primary N) is 1. The van der Waals surface area contributed by atoms with Crippen LogP contribution in [-0.2, 0) is 6.54 Å². The summed E-state index contributed by atoms with van der Waals surface area (Å²) >= 11 is 1.78. The summed E-state index contributed by atoms with van der Waals surface area (Å²) in [6.45, 7) is 2.88. The fraction of sp³-hybridized carbons (Fsp3) is 0.412. The van der Waals surface area contributed by atoms with Gasteiger partial charge in [0.2, 0.25) is 0 Å². The van der Waals surface area contributed by atoms with E-state index in [1.165, 1.54) is 18.4 Å². The van der Waals surface area contributed by atoms with Crippen LogP contribution in [-0.4, -0.2) is 24.1 Å². The maximum absolute atomic E-state index is 5.88. The highest BCUT2D eigenvalue weighted by molar-refractivity contribution is 7.07. The van der Waals surface area contributed by atoms with Gasteiger partial charge in [-0.15, -0.1) is 0 Å². The van der Waals surface area contributed by atoms with E-state index < -0.39 is 0 Å². The van der Waals surface area contributed by atoms with E-state index >= 15 is 0 Å². The van der Waals surface area contributed by atoms with E-state index in [0.29, 0.717) is 0 Å². The summed E-state index contributed by atoms with van der Waals surface area (Å²) in [5, 5.41) is 4.40. The van der Waals surface area contributed by atoms with Gasteiger partial charge in [0.05, 0.1) is 12.3 Å². The van der Waals surface area contributed by atoms with E-state index in [2.05, 4.69) is 21.7 Å². The van der Waals surface area contributed by atoms with Crippen LogP contribution in [0.25, 0.3) is 0 Å². The second kappa shape index (κ2) is 6.96. The molecule has 2 aromatic rings. The normalized spacial score (nSPS) is 14.5. The van der Waals surface area contributed by atoms with Crippen molar-refractivity contribution in [3.05, 3.63) is 46.7 Å². The largest absolute Gasteiger partial charge is 0.491 e. The van der Waals surface area contributed by atoms with Gasteiger partial charge in [-0.1, -0.05) is 12.1 Å². The maximum Gasteiger partial charge on any atom is 0.142 e. The standard InChI is InChI=1S/C17H22N2OS/c18-16-4-1-2-5-17(16)20-10-3-9-19(15-6-7-15)12-14-8-11-21-13-14/h1-2,4-5,8,11,13,15H,3,6-7,9-10,12,18H2. The third-order valence-electron chi connectivity index (χ3n) is 3.80. The lowest BCUT2D eigenvalue weighted by atomic mass is 10.3. The van der Waals surface area contributed by atoms with Gasteiger partial charge in [0, 0.05) is 19.1 Å². The van der Waals surface area contributed by atoms with Gasteiger partial charge in [-0.3, -0.25) is 4.90 Å². The molecular formula is C17H22N2OS. The molecule has 1 heterocycles. The fourth-order valence-corrected chi connectivity index (χ4v) is 3.17. The van der Waals surface area contributed by atoms with Crippen molar-refractivity contribution in [2.45, 2.75) is 31.8 Å². The Morgan fingerprint density at radius 3 is 2.81 bits per heavy atom. The monoisotopic (exact) mass is 302 g/mol. The predicted octanol–water partition coefficient (Wildman–Crippen LogP) is 3.76. The van der Waals surface area contributed by atoms with E-state index in [4.69, 9.17) is 10.5 Å². The zero-order valence-corrected chi connectivity index (χ0v) is 13.0. The lowest BCUT2D eigenvalue weighted by Gasteiger charge is -2.21. The number of hydrogen-bond donors (Lipinski definition) is 1. The Balaban J connectivity index is 1.43. The van der Waals surface area contributed by atoms with Crippen LogP contribution in [0.5, 0.6) is 5.75 Å². The van der Waals surface area contributed by atoms with Gasteiger partial charge in [0.15, 0.2) is 0 Å². The van der Waals surface area contributed by atoms with Crippen LogP contribution in [0.4, 0.5) is 5.69 Å². The van der Waals surface area contributed by atoms with E-state index in [1.54, 1.807) is 11.3 Å². The van der Waals surface area contributed by atoms with Crippen molar-refractivity contribution in [3.63, 3.8) is 0 Å². The zero-order chi connectivity index (χ0) is 14.5. The SMILES string of the molecule is Nc1ccccc1OCCCN(Cc1ccsc1)C1CC1. The maximum atomic E-state index is 5.88. The molecule has 1 aromatic heterocycles. The van der Waals surface area contributed by atoms with Crippen LogP contribution in [0.3, 0.4) is 0 Å². The van der Waals surface area contributed by atoms with Crippen LogP contribution in [0.1, 0.15) is 24.8 Å². The van der Waals surface area contributed by atoms with E-state index in [9.17, 15) is 0 Å². The highest BCUT2D eigenvalue weighted by Crippen LogP contribution is 2.29. The molecule has 0 spiro atoms. The summed E-state index contributed by atoms with van der Waals surface area (Å²) in [6, 6.07) is 10.7. The second-order valence-corrected chi connectivity index (χ2v) is 6.35. The van der Waals surface area contributed by atoms with Crippen LogP contribution in [0, 0.1) is 0 Å². The molecular weight excluding hydrogens is 280 g/mol. The molecule has 0 bridgehead atoms. The van der Waals surface area contributed by atoms with Gasteiger partial charge >= 0.3 is 0 Å². The van der Waals surface area contributed by atoms with Gasteiger partial charge in [-0.25, -0.2) is 0 Å². The summed E-state index contributed by atoms with van der Waals surface area (Å²) in [4.78, 5) is 2.58. The molecule has 2 N–H and O–H groups in total. The van der Waals surface area contributed by atoms with Crippen molar-refractivity contribution in [3.8, 4) is 5.75 Å². The van der Waals surface area contributed by atoms with Crippen molar-refractivity contribution < 1.29 is 4.74 Å². The first-order chi connectivity index (χ1) is 10.3. The lowest BCUT2D eigenvalue weighted by molar-refractivity contribution is 0.221. The van der Waals surface area contributed by atoms with Crippen molar-refractivity contribution in [2.24, 2.45) is 0 Å². The average Bonchev–Trinajstić information content (AvgIpc) is 3.21. The number of nitrogens with zero attached hydrogens (tertiary/aromatic N) is 1. The Hall–Kier alpha value is -1.52. The summed E-state index contributed by atoms with van der Waals surface area (Å²) in [5.74, 6) is 0.799. The van der Waals surface area contributed by atoms with Crippen LogP contribution >= 0.6 is 11.3 Å². The second-order valence-electron chi connectivity index (χ2n) is 5.57. The molecule has 3 rings (SSSR count). The lowest BCUT2D eigenvalue weighted by Crippen LogP contribution is -2.27. The number of para-hydroxylation sites is 2. The topological polar surface area (TPSA) is 38.5 Å². The first-order valence-corrected chi connectivity index (χ1v) is 8.49. The number of nitrogen functional groups attached to an aromatic ring is 1. The molecule has 1 fully saturated rings. The van der Waals surface area contributed by atoms with Gasteiger partial charge in [0.1, 0.15) is 5.75 Å². The summed E-state index contributed by atoms with van der Waals surface area (Å²) < 4.78 is 5.77. The van der Waals surface area contributed by atoms with Gasteiger partial charge in [-0.05, 0) is 53.8 Å². The molecule has 0 unspecified atom stereocenters. The fourth-order valence-electron chi connectivity index (χ4n) is 2.51. The quantitative estimate of drug-likeness (QED) is 0.596. The molecule has 0 amide bonds. The molecule has 21 heavy (non-hydrogen) atoms. The van der Waals surface area contributed by atoms with E-state index in [1.807, 2.05) is 24.3 Å². The van der Waals surface area contributed by atoms with Crippen LogP contribution in [0.15, 0.2) is 41.1 Å². The molecule has 3 nitrogen and oxygen atoms in total. The highest BCUT2D eigenvalue weighted by Gasteiger charge is 2.28. The van der Waals surface area contributed by atoms with E-state index in [0.717, 1.165) is 43.6 Å². The minimum Gasteiger partial charge on any atom is -0.491 e. The number of rotatable bonds is 8. The van der Waals surface area contributed by atoms with Crippen molar-refractivity contribution in [1.82, 2.24) is 4.90 Å². The third kappa shape index (κ3) is 4.22. The summed E-state index contributed by atoms with van der Waals surface area (Å²) in [7, 11) is 0. The molecule has 0 atom stereocenters. The minimum atomic E-state index is 0.717. The summed E-state index contributed by atoms with van der Waals surface area (Å²) in [5.41, 5.74) is 8.02. The Morgan fingerprint density at radius 1 is 1.24 bits per heavy atom. The first kappa shape index (κ1) is 14.4. The Bertz CT molecular complexity index is 552. The molecule has 4 heteroatoms. The molecule has 1 aliphatic rings. The molecule has 0 aliphatic heterocycles. The summed E-state index contributed by atoms with van der Waals surface area (Å²) in [6.07, 6.45) is 3.72. The predicted molar refractivity (Wildman–Crippen MR) is 88.7 cm³/mol. The van der Waals surface area contributed by atoms with Gasteiger partial charge in [-0.2, -0.15) is 11.3 Å². The Kier molecular flexibility index (Phi) is 4.78. The smallest absolute Gasteiger partial charge is 0.142 e. The number of anilines is 1. The third-order valence-corrected chi connectivity index (χ3v) is 4.53. The van der Waals surface area contributed by atoms with Gasteiger partial charge in [0.25, 0.3) is 0 Å². The molecule has 1 aromatic carbocycles. The molecule has 1 saturated carbocycles. The highest BCUT2D eigenvalue weighted by atomic mass is 32.1. The molecule has 1 aliphatic carbocycles. The number of ether oxygens (including phenoxy) is 1. The van der Waals surface area contributed by atoms with E-state index in [-0.39, 0.29) is 0 Å². The zero-order valence-electron chi connectivity index (χ0n) is 12.2. The molecule has 112 valence electrons. The number of benzene rings is 1. The first-order valence-electron chi connectivity index (χ1n) is 7.55. The Labute approximate surface area is 130 Å². The van der Waals surface area contributed by atoms with Crippen molar-refractivity contribution in [1.29, 1.82) is 0 Å². The van der Waals surface area contributed by atoms with Crippen LogP contribution < -0.4 is 10.5 Å². The number of thiophene rings is 1. The average molecular weight is 302 g/mol. The van der Waals surface area contributed by atoms with Gasteiger partial charge < -0.3 is 10.5 Å². The van der Waals surface area contributed by atoms with Crippen molar-refractivity contribution in [2.75, 3.05) is 18.9 Å². The molecule has 0 radical (unpaired) electrons. The Morgan fingerprint density at radius 2 is 2.10 bits per heavy atom. The minimum absolute atomic E-state index is 0.717. The van der Waals surface area contributed by atoms with Crippen LogP contribution in [0.2, 0.25) is 0 Å². The number of hydrogen-bond acceptors (Lipinski definition) is 4.